The number of amides is 4. The highest BCUT2D eigenvalue weighted by molar-refractivity contribution is 6.32. The van der Waals surface area contributed by atoms with Crippen LogP contribution in [0.25, 0.3) is 0 Å². The number of phenolic OH excluding ortho intramolecular Hbond substituents is 1. The molecule has 6 unspecified atom stereocenters. The maximum atomic E-state index is 15.3. The predicted molar refractivity (Wildman–Crippen MR) is 177 cm³/mol. The van der Waals surface area contributed by atoms with Gasteiger partial charge in [0.25, 0.3) is 0 Å². The van der Waals surface area contributed by atoms with Gasteiger partial charge in [-0.25, -0.2) is 4.90 Å². The first-order valence-corrected chi connectivity index (χ1v) is 16.5. The van der Waals surface area contributed by atoms with Gasteiger partial charge in [0.15, 0.2) is 11.5 Å². The number of hydrogen-bond acceptors (Lipinski definition) is 6. The van der Waals surface area contributed by atoms with E-state index in [2.05, 4.69) is 0 Å². The quantitative estimate of drug-likeness (QED) is 0.253. The van der Waals surface area contributed by atoms with Gasteiger partial charge in [-0.05, 0) is 76.3 Å². The monoisotopic (exact) mass is 652 g/mol. The molecule has 1 N–H and O–H groups in total. The molecule has 4 amide bonds. The molecule has 0 spiro atoms. The number of carbonyl (C=O) groups excluding carboxylic acids is 4. The summed E-state index contributed by atoms with van der Waals surface area (Å²) in [6.45, 7) is 7.66. The molecule has 2 aliphatic heterocycles. The Balaban J connectivity index is 1.51. The van der Waals surface area contributed by atoms with E-state index in [9.17, 15) is 19.5 Å². The lowest BCUT2D eigenvalue weighted by molar-refractivity contribution is -0.145. The van der Waals surface area contributed by atoms with Crippen molar-refractivity contribution in [1.82, 2.24) is 4.90 Å². The molecule has 1 saturated carbocycles. The van der Waals surface area contributed by atoms with Crippen molar-refractivity contribution in [2.24, 2.45) is 23.7 Å². The van der Waals surface area contributed by atoms with Gasteiger partial charge in [-0.3, -0.25) is 24.1 Å². The minimum absolute atomic E-state index is 0.122. The second-order valence-corrected chi connectivity index (χ2v) is 14.3. The molecule has 3 fully saturated rings. The van der Waals surface area contributed by atoms with Gasteiger partial charge in [0.1, 0.15) is 0 Å². The number of anilines is 1. The van der Waals surface area contributed by atoms with Crippen LogP contribution in [0.5, 0.6) is 11.5 Å². The van der Waals surface area contributed by atoms with E-state index >= 15 is 4.79 Å². The van der Waals surface area contributed by atoms with Gasteiger partial charge in [-0.2, -0.15) is 0 Å². The predicted octanol–water partition coefficient (Wildman–Crippen LogP) is 6.41. The summed E-state index contributed by atoms with van der Waals surface area (Å²) in [7, 11) is 0. The van der Waals surface area contributed by atoms with E-state index in [0.29, 0.717) is 34.9 Å². The smallest absolute Gasteiger partial charge is 0.246 e. The molecule has 2 aliphatic carbocycles. The fourth-order valence-electron chi connectivity index (χ4n) is 8.79. The molecule has 6 atom stereocenters. The van der Waals surface area contributed by atoms with Gasteiger partial charge in [0.2, 0.25) is 23.6 Å². The van der Waals surface area contributed by atoms with Crippen LogP contribution in [0.4, 0.5) is 5.69 Å². The number of halogens is 1. The Morgan fingerprint density at radius 2 is 1.64 bits per heavy atom. The van der Waals surface area contributed by atoms with E-state index in [4.69, 9.17) is 16.3 Å². The molecule has 0 radical (unpaired) electrons. The molecule has 47 heavy (non-hydrogen) atoms. The lowest BCUT2D eigenvalue weighted by Gasteiger charge is -2.50. The molecule has 7 rings (SSSR count). The molecule has 9 heteroatoms. The highest BCUT2D eigenvalue weighted by atomic mass is 35.5. The van der Waals surface area contributed by atoms with Crippen LogP contribution in [-0.4, -0.2) is 45.8 Å². The van der Waals surface area contributed by atoms with Crippen molar-refractivity contribution in [3.63, 3.8) is 0 Å². The number of rotatable bonds is 5. The lowest BCUT2D eigenvalue weighted by atomic mass is 9.49. The SMILES string of the molecule is CCOc1cccc(C2C3=CCC4C(=O)N(C(C)(C)C)C(=O)C4C3CC3C(=O)N(c4cccc(Cl)c4)C(=O)C32c2ccccc2)c1O. The molecule has 0 bridgehead atoms. The fraction of sp³-hybridized carbons (Fsp3) is 0.368. The number of fused-ring (bicyclic) bond motifs is 4. The first kappa shape index (κ1) is 31.2. The highest BCUT2D eigenvalue weighted by Gasteiger charge is 2.70. The van der Waals surface area contributed by atoms with E-state index in [-0.39, 0.29) is 29.7 Å². The molecule has 3 aromatic carbocycles. The second kappa shape index (κ2) is 11.1. The van der Waals surface area contributed by atoms with Crippen LogP contribution in [0.15, 0.2) is 84.4 Å². The molecule has 4 aliphatic rings. The van der Waals surface area contributed by atoms with E-state index in [1.165, 1.54) is 9.80 Å². The number of aromatic hydroxyl groups is 1. The third-order valence-corrected chi connectivity index (χ3v) is 10.7. The number of benzene rings is 3. The van der Waals surface area contributed by atoms with Crippen LogP contribution in [-0.2, 0) is 24.6 Å². The van der Waals surface area contributed by atoms with Crippen molar-refractivity contribution < 1.29 is 29.0 Å². The third-order valence-electron chi connectivity index (χ3n) is 10.5. The van der Waals surface area contributed by atoms with Crippen molar-refractivity contribution in [2.45, 2.75) is 57.4 Å². The summed E-state index contributed by atoms with van der Waals surface area (Å²) in [6.07, 6.45) is 2.48. The van der Waals surface area contributed by atoms with Crippen molar-refractivity contribution in [3.8, 4) is 11.5 Å². The van der Waals surface area contributed by atoms with Crippen LogP contribution in [0, 0.1) is 23.7 Å². The minimum Gasteiger partial charge on any atom is -0.504 e. The Labute approximate surface area is 279 Å². The van der Waals surface area contributed by atoms with Crippen LogP contribution >= 0.6 is 11.6 Å². The second-order valence-electron chi connectivity index (χ2n) is 13.9. The lowest BCUT2D eigenvalue weighted by Crippen LogP contribution is -2.53. The zero-order valence-corrected chi connectivity index (χ0v) is 27.5. The van der Waals surface area contributed by atoms with Crippen molar-refractivity contribution in [2.75, 3.05) is 11.5 Å². The standard InChI is InChI=1S/C38H37ClN2O6/c1-5-47-29-16-10-15-26(32(29)42)31-24-17-18-25-30(35(45)41(33(25)43)37(2,3)4)27(24)20-28-34(44)40(23-14-9-13-22(39)19-23)36(46)38(28,31)21-11-7-6-8-12-21/h6-17,19,25,27-28,30-31,42H,5,18,20H2,1-4H3. The van der Waals surface area contributed by atoms with Gasteiger partial charge < -0.3 is 9.84 Å². The van der Waals surface area contributed by atoms with Gasteiger partial charge >= 0.3 is 0 Å². The Morgan fingerprint density at radius 1 is 0.915 bits per heavy atom. The molecule has 8 nitrogen and oxygen atoms in total. The molecular weight excluding hydrogens is 616 g/mol. The molecule has 242 valence electrons. The maximum Gasteiger partial charge on any atom is 0.246 e. The summed E-state index contributed by atoms with van der Waals surface area (Å²) in [5, 5.41) is 12.2. The number of para-hydroxylation sites is 1. The fourth-order valence-corrected chi connectivity index (χ4v) is 8.98. The molecule has 0 aromatic heterocycles. The van der Waals surface area contributed by atoms with Gasteiger partial charge in [0.05, 0.1) is 35.5 Å². The Bertz CT molecular complexity index is 1850. The normalized spacial score (nSPS) is 28.6. The first-order valence-electron chi connectivity index (χ1n) is 16.1. The minimum atomic E-state index is -1.48. The summed E-state index contributed by atoms with van der Waals surface area (Å²) < 4.78 is 5.81. The average Bonchev–Trinajstić information content (AvgIpc) is 3.43. The topological polar surface area (TPSA) is 104 Å². The van der Waals surface area contributed by atoms with Gasteiger partial charge in [-0.15, -0.1) is 0 Å². The molecule has 3 aromatic rings. The highest BCUT2D eigenvalue weighted by Crippen LogP contribution is 2.65. The summed E-state index contributed by atoms with van der Waals surface area (Å²) in [5.41, 5.74) is -0.0120. The largest absolute Gasteiger partial charge is 0.504 e. The molecule has 2 saturated heterocycles. The van der Waals surface area contributed by atoms with E-state index in [1.54, 1.807) is 42.5 Å². The average molecular weight is 653 g/mol. The zero-order chi connectivity index (χ0) is 33.4. The van der Waals surface area contributed by atoms with Gasteiger partial charge in [-0.1, -0.05) is 71.8 Å². The van der Waals surface area contributed by atoms with Crippen molar-refractivity contribution in [1.29, 1.82) is 0 Å². The molecule has 2 heterocycles. The van der Waals surface area contributed by atoms with Crippen molar-refractivity contribution in [3.05, 3.63) is 101 Å². The first-order chi connectivity index (χ1) is 22.4. The van der Waals surface area contributed by atoms with Crippen LogP contribution in [0.3, 0.4) is 0 Å². The summed E-state index contributed by atoms with van der Waals surface area (Å²) in [4.78, 5) is 60.7. The number of allylic oxidation sites excluding steroid dienone is 2. The van der Waals surface area contributed by atoms with Crippen LogP contribution in [0.2, 0.25) is 5.02 Å². The van der Waals surface area contributed by atoms with E-state index in [1.807, 2.05) is 64.1 Å². The van der Waals surface area contributed by atoms with E-state index in [0.717, 1.165) is 5.57 Å². The van der Waals surface area contributed by atoms with Crippen LogP contribution in [0.1, 0.15) is 57.6 Å². The van der Waals surface area contributed by atoms with Gasteiger partial charge in [0, 0.05) is 22.0 Å². The third kappa shape index (κ3) is 4.40. The maximum absolute atomic E-state index is 15.3. The number of ether oxygens (including phenoxy) is 1. The number of likely N-dealkylation sites (tertiary alicyclic amines) is 1. The Morgan fingerprint density at radius 3 is 2.32 bits per heavy atom. The number of nitrogens with zero attached hydrogens (tertiary/aromatic N) is 2. The summed E-state index contributed by atoms with van der Waals surface area (Å²) in [6, 6.07) is 21.1. The summed E-state index contributed by atoms with van der Waals surface area (Å²) in [5.74, 6) is -4.71. The number of phenols is 1. The summed E-state index contributed by atoms with van der Waals surface area (Å²) >= 11 is 6.38. The van der Waals surface area contributed by atoms with Crippen LogP contribution < -0.4 is 9.64 Å². The Kier molecular flexibility index (Phi) is 7.35. The Hall–Kier alpha value is -4.43. The number of hydrogen-bond donors (Lipinski definition) is 1. The van der Waals surface area contributed by atoms with E-state index < -0.39 is 52.4 Å². The number of carbonyl (C=O) groups is 4. The number of imide groups is 2. The molecular formula is C38H37ClN2O6. The van der Waals surface area contributed by atoms with Crippen molar-refractivity contribution >= 4 is 40.9 Å². The zero-order valence-electron chi connectivity index (χ0n) is 26.8.